The Balaban J connectivity index is 2.82. The van der Waals surface area contributed by atoms with Crippen LogP contribution in [0.25, 0.3) is 0 Å². The smallest absolute Gasteiger partial charge is 0.162 e. The predicted molar refractivity (Wildman–Crippen MR) is 89.5 cm³/mol. The number of benzene rings is 1. The van der Waals surface area contributed by atoms with E-state index in [0.717, 1.165) is 24.2 Å². The van der Waals surface area contributed by atoms with Crippen molar-refractivity contribution in [2.24, 2.45) is 5.73 Å². The second-order valence-corrected chi connectivity index (χ2v) is 5.55. The maximum atomic E-state index is 6.36. The van der Waals surface area contributed by atoms with Crippen LogP contribution in [0.15, 0.2) is 12.1 Å². The molecule has 0 aliphatic heterocycles. The van der Waals surface area contributed by atoms with Crippen LogP contribution >= 0.6 is 11.6 Å². The number of nitrogens with two attached hydrogens (primary N) is 1. The number of hydrogen-bond donors (Lipinski definition) is 1. The van der Waals surface area contributed by atoms with Crippen LogP contribution in [0, 0.1) is 0 Å². The number of rotatable bonds is 10. The molecule has 0 bridgehead atoms. The molecule has 1 aromatic rings. The summed E-state index contributed by atoms with van der Waals surface area (Å²) in [6.07, 6.45) is 5.78. The van der Waals surface area contributed by atoms with Crippen molar-refractivity contribution < 1.29 is 9.47 Å². The Hall–Kier alpha value is -0.930. The average molecular weight is 314 g/mol. The van der Waals surface area contributed by atoms with Gasteiger partial charge in [-0.3, -0.25) is 0 Å². The van der Waals surface area contributed by atoms with E-state index in [1.165, 1.54) is 19.3 Å². The molecule has 3 nitrogen and oxygen atoms in total. The van der Waals surface area contributed by atoms with E-state index in [-0.39, 0.29) is 6.04 Å². The Morgan fingerprint density at radius 1 is 1.00 bits per heavy atom. The first kappa shape index (κ1) is 18.1. The van der Waals surface area contributed by atoms with Crippen LogP contribution in [0.2, 0.25) is 5.02 Å². The molecule has 120 valence electrons. The van der Waals surface area contributed by atoms with E-state index in [1.807, 2.05) is 26.0 Å². The summed E-state index contributed by atoms with van der Waals surface area (Å²) in [4.78, 5) is 0. The lowest BCUT2D eigenvalue weighted by Crippen LogP contribution is -2.11. The average Bonchev–Trinajstić information content (AvgIpc) is 2.46. The van der Waals surface area contributed by atoms with Gasteiger partial charge in [0.1, 0.15) is 0 Å². The van der Waals surface area contributed by atoms with E-state index < -0.39 is 0 Å². The van der Waals surface area contributed by atoms with Crippen molar-refractivity contribution in [1.82, 2.24) is 0 Å². The van der Waals surface area contributed by atoms with Crippen molar-refractivity contribution in [2.75, 3.05) is 13.2 Å². The van der Waals surface area contributed by atoms with Gasteiger partial charge in [0.25, 0.3) is 0 Å². The molecule has 0 radical (unpaired) electrons. The highest BCUT2D eigenvalue weighted by atomic mass is 35.5. The summed E-state index contributed by atoms with van der Waals surface area (Å²) in [5.74, 6) is 1.41. The van der Waals surface area contributed by atoms with Gasteiger partial charge in [0.15, 0.2) is 11.5 Å². The summed E-state index contributed by atoms with van der Waals surface area (Å²) < 4.78 is 11.2. The summed E-state index contributed by atoms with van der Waals surface area (Å²) >= 11 is 6.36. The molecular weight excluding hydrogens is 286 g/mol. The van der Waals surface area contributed by atoms with Gasteiger partial charge >= 0.3 is 0 Å². The largest absolute Gasteiger partial charge is 0.490 e. The monoisotopic (exact) mass is 313 g/mol. The van der Waals surface area contributed by atoms with Gasteiger partial charge in [-0.05, 0) is 31.9 Å². The molecule has 0 aliphatic carbocycles. The van der Waals surface area contributed by atoms with Gasteiger partial charge in [0.05, 0.1) is 13.2 Å². The Morgan fingerprint density at radius 2 is 1.62 bits per heavy atom. The van der Waals surface area contributed by atoms with E-state index in [0.29, 0.717) is 24.0 Å². The van der Waals surface area contributed by atoms with Crippen molar-refractivity contribution in [3.05, 3.63) is 22.7 Å². The molecule has 4 heteroatoms. The van der Waals surface area contributed by atoms with Crippen LogP contribution in [0.5, 0.6) is 11.5 Å². The van der Waals surface area contributed by atoms with Gasteiger partial charge in [0, 0.05) is 17.1 Å². The lowest BCUT2D eigenvalue weighted by molar-refractivity contribution is 0.287. The van der Waals surface area contributed by atoms with E-state index in [9.17, 15) is 0 Å². The molecule has 0 fully saturated rings. The maximum Gasteiger partial charge on any atom is 0.162 e. The van der Waals surface area contributed by atoms with Gasteiger partial charge < -0.3 is 15.2 Å². The molecule has 1 unspecified atom stereocenters. The molecule has 0 aliphatic rings. The number of hydrogen-bond acceptors (Lipinski definition) is 3. The zero-order valence-electron chi connectivity index (χ0n) is 13.5. The zero-order chi connectivity index (χ0) is 15.7. The van der Waals surface area contributed by atoms with Crippen molar-refractivity contribution in [3.63, 3.8) is 0 Å². The quantitative estimate of drug-likeness (QED) is 0.611. The molecule has 0 saturated heterocycles. The van der Waals surface area contributed by atoms with Gasteiger partial charge in [-0.2, -0.15) is 0 Å². The minimum atomic E-state index is -0.0516. The third kappa shape index (κ3) is 5.76. The third-order valence-electron chi connectivity index (χ3n) is 3.43. The van der Waals surface area contributed by atoms with Crippen LogP contribution in [0.4, 0.5) is 0 Å². The molecule has 1 atom stereocenters. The molecule has 0 spiro atoms. The summed E-state index contributed by atoms with van der Waals surface area (Å²) in [5, 5.41) is 0.657. The van der Waals surface area contributed by atoms with Gasteiger partial charge in [-0.15, -0.1) is 0 Å². The van der Waals surface area contributed by atoms with Crippen molar-refractivity contribution in [1.29, 1.82) is 0 Å². The highest BCUT2D eigenvalue weighted by molar-refractivity contribution is 6.31. The van der Waals surface area contributed by atoms with Gasteiger partial charge in [-0.1, -0.05) is 44.2 Å². The highest BCUT2D eigenvalue weighted by Gasteiger charge is 2.15. The Labute approximate surface area is 133 Å². The summed E-state index contributed by atoms with van der Waals surface area (Å²) in [5.41, 5.74) is 7.23. The minimum absolute atomic E-state index is 0.0516. The first-order valence-electron chi connectivity index (χ1n) is 7.98. The second-order valence-electron chi connectivity index (χ2n) is 5.14. The van der Waals surface area contributed by atoms with Crippen LogP contribution in [0.3, 0.4) is 0 Å². The highest BCUT2D eigenvalue weighted by Crippen LogP contribution is 2.36. The molecule has 21 heavy (non-hydrogen) atoms. The third-order valence-corrected chi connectivity index (χ3v) is 3.76. The molecule has 2 N–H and O–H groups in total. The van der Waals surface area contributed by atoms with Crippen molar-refractivity contribution in [3.8, 4) is 11.5 Å². The lowest BCUT2D eigenvalue weighted by Gasteiger charge is -2.18. The fourth-order valence-electron chi connectivity index (χ4n) is 2.32. The van der Waals surface area contributed by atoms with E-state index >= 15 is 0 Å². The standard InChI is InChI=1S/C17H28ClNO2/c1-4-7-8-9-10-15(19)13-11-16(20-5-2)17(21-6-3)12-14(13)18/h11-12,15H,4-10,19H2,1-3H3. The molecule has 1 rings (SSSR count). The van der Waals surface area contributed by atoms with Crippen LogP contribution in [0.1, 0.15) is 64.5 Å². The van der Waals surface area contributed by atoms with Gasteiger partial charge in [0.2, 0.25) is 0 Å². The second kappa shape index (κ2) is 9.91. The van der Waals surface area contributed by atoms with E-state index in [4.69, 9.17) is 26.8 Å². The van der Waals surface area contributed by atoms with E-state index in [2.05, 4.69) is 6.92 Å². The minimum Gasteiger partial charge on any atom is -0.490 e. The maximum absolute atomic E-state index is 6.36. The first-order chi connectivity index (χ1) is 10.1. The predicted octanol–water partition coefficient (Wildman–Crippen LogP) is 5.11. The number of halogens is 1. The van der Waals surface area contributed by atoms with Crippen LogP contribution in [-0.4, -0.2) is 13.2 Å². The first-order valence-corrected chi connectivity index (χ1v) is 8.36. The molecule has 0 amide bonds. The fraction of sp³-hybridized carbons (Fsp3) is 0.647. The Kier molecular flexibility index (Phi) is 8.55. The molecule has 0 saturated carbocycles. The summed E-state index contributed by atoms with van der Waals surface area (Å²) in [6.45, 7) is 7.27. The molecular formula is C17H28ClNO2. The lowest BCUT2D eigenvalue weighted by atomic mass is 10.0. The molecule has 0 heterocycles. The van der Waals surface area contributed by atoms with Crippen LogP contribution in [-0.2, 0) is 0 Å². The summed E-state index contributed by atoms with van der Waals surface area (Å²) in [6, 6.07) is 3.70. The van der Waals surface area contributed by atoms with Crippen molar-refractivity contribution >= 4 is 11.6 Å². The van der Waals surface area contributed by atoms with E-state index in [1.54, 1.807) is 0 Å². The molecule has 1 aromatic carbocycles. The Morgan fingerprint density at radius 3 is 2.19 bits per heavy atom. The summed E-state index contributed by atoms with van der Waals surface area (Å²) in [7, 11) is 0. The van der Waals surface area contributed by atoms with Crippen LogP contribution < -0.4 is 15.2 Å². The SMILES string of the molecule is CCCCCCC(N)c1cc(OCC)c(OCC)cc1Cl. The van der Waals surface area contributed by atoms with Gasteiger partial charge in [-0.25, -0.2) is 0 Å². The topological polar surface area (TPSA) is 44.5 Å². The zero-order valence-corrected chi connectivity index (χ0v) is 14.2. The number of unbranched alkanes of at least 4 members (excludes halogenated alkanes) is 3. The molecule has 0 aromatic heterocycles. The number of ether oxygens (including phenoxy) is 2. The Bertz CT molecular complexity index is 423. The van der Waals surface area contributed by atoms with Crippen molar-refractivity contribution in [2.45, 2.75) is 58.9 Å². The normalized spacial score (nSPS) is 12.2. The fourth-order valence-corrected chi connectivity index (χ4v) is 2.61.